The normalized spacial score (nSPS) is 13.7. The van der Waals surface area contributed by atoms with Crippen molar-refractivity contribution < 1.29 is 18.3 Å². The second-order valence-corrected chi connectivity index (χ2v) is 8.01. The number of carboxylic acids is 1. The second kappa shape index (κ2) is 6.02. The van der Waals surface area contributed by atoms with Crippen LogP contribution in [0.5, 0.6) is 0 Å². The summed E-state index contributed by atoms with van der Waals surface area (Å²) in [5, 5.41) is 8.97. The number of nitrogens with zero attached hydrogens (tertiary/aromatic N) is 1. The van der Waals surface area contributed by atoms with Crippen molar-refractivity contribution in [1.82, 2.24) is 4.31 Å². The molecule has 0 spiro atoms. The molecule has 0 radical (unpaired) electrons. The fourth-order valence-electron chi connectivity index (χ4n) is 1.61. The average Bonchev–Trinajstić information content (AvgIpc) is 2.71. The lowest BCUT2D eigenvalue weighted by atomic mass is 10.1. The molecule has 1 unspecified atom stereocenters. The first kappa shape index (κ1) is 16.1. The molecule has 1 atom stereocenters. The SMILES string of the molecule is CCC(C)CN(C)S(=O)(=O)c1cc(C)c(C(=O)O)s1. The molecule has 108 valence electrons. The van der Waals surface area contributed by atoms with Crippen molar-refractivity contribution in [3.63, 3.8) is 0 Å². The Kier molecular flexibility index (Phi) is 5.11. The van der Waals surface area contributed by atoms with Gasteiger partial charge >= 0.3 is 5.97 Å². The van der Waals surface area contributed by atoms with Gasteiger partial charge in [-0.1, -0.05) is 20.3 Å². The molecule has 1 aromatic heterocycles. The fraction of sp³-hybridized carbons (Fsp3) is 0.583. The van der Waals surface area contributed by atoms with Crippen LogP contribution in [0.15, 0.2) is 10.3 Å². The van der Waals surface area contributed by atoms with Crippen LogP contribution in [0.2, 0.25) is 0 Å². The summed E-state index contributed by atoms with van der Waals surface area (Å²) in [6.07, 6.45) is 0.893. The number of thiophene rings is 1. The van der Waals surface area contributed by atoms with Crippen molar-refractivity contribution in [1.29, 1.82) is 0 Å². The van der Waals surface area contributed by atoms with Gasteiger partial charge in [0.2, 0.25) is 0 Å². The molecule has 7 heteroatoms. The van der Waals surface area contributed by atoms with Crippen molar-refractivity contribution in [2.45, 2.75) is 31.4 Å². The lowest BCUT2D eigenvalue weighted by molar-refractivity contribution is 0.0701. The summed E-state index contributed by atoms with van der Waals surface area (Å²) < 4.78 is 26.0. The summed E-state index contributed by atoms with van der Waals surface area (Å²) in [6, 6.07) is 1.43. The van der Waals surface area contributed by atoms with E-state index in [2.05, 4.69) is 0 Å². The first-order chi connectivity index (χ1) is 8.70. The molecule has 0 amide bonds. The minimum absolute atomic E-state index is 0.0792. The van der Waals surface area contributed by atoms with Crippen molar-refractivity contribution in [3.05, 3.63) is 16.5 Å². The van der Waals surface area contributed by atoms with Crippen LogP contribution in [0, 0.1) is 12.8 Å². The van der Waals surface area contributed by atoms with Crippen molar-refractivity contribution in [2.75, 3.05) is 13.6 Å². The molecule has 1 aromatic rings. The summed E-state index contributed by atoms with van der Waals surface area (Å²) in [4.78, 5) is 11.0. The molecule has 0 fully saturated rings. The monoisotopic (exact) mass is 305 g/mol. The number of aromatic carboxylic acids is 1. The highest BCUT2D eigenvalue weighted by Gasteiger charge is 2.26. The van der Waals surface area contributed by atoms with E-state index in [9.17, 15) is 13.2 Å². The Balaban J connectivity index is 3.07. The molecule has 5 nitrogen and oxygen atoms in total. The number of rotatable bonds is 6. The minimum atomic E-state index is -3.59. The number of hydrogen-bond acceptors (Lipinski definition) is 4. The lowest BCUT2D eigenvalue weighted by Crippen LogP contribution is -2.30. The van der Waals surface area contributed by atoms with E-state index < -0.39 is 16.0 Å². The number of sulfonamides is 1. The molecular weight excluding hydrogens is 286 g/mol. The van der Waals surface area contributed by atoms with Gasteiger partial charge in [0.25, 0.3) is 10.0 Å². The van der Waals surface area contributed by atoms with E-state index >= 15 is 0 Å². The van der Waals surface area contributed by atoms with Crippen LogP contribution in [0.4, 0.5) is 0 Å². The van der Waals surface area contributed by atoms with Gasteiger partial charge in [-0.25, -0.2) is 13.2 Å². The summed E-state index contributed by atoms with van der Waals surface area (Å²) in [5.41, 5.74) is 0.480. The summed E-state index contributed by atoms with van der Waals surface area (Å²) >= 11 is 0.808. The smallest absolute Gasteiger partial charge is 0.346 e. The quantitative estimate of drug-likeness (QED) is 0.876. The molecule has 19 heavy (non-hydrogen) atoms. The maximum atomic E-state index is 12.3. The highest BCUT2D eigenvalue weighted by Crippen LogP contribution is 2.28. The van der Waals surface area contributed by atoms with Gasteiger partial charge in [0, 0.05) is 13.6 Å². The van der Waals surface area contributed by atoms with Gasteiger partial charge in [-0.15, -0.1) is 11.3 Å². The third-order valence-electron chi connectivity index (χ3n) is 3.02. The molecule has 0 saturated carbocycles. The summed E-state index contributed by atoms with van der Waals surface area (Å²) in [5.74, 6) is -0.826. The van der Waals surface area contributed by atoms with Gasteiger partial charge < -0.3 is 5.11 Å². The van der Waals surface area contributed by atoms with Gasteiger partial charge in [-0.05, 0) is 24.5 Å². The predicted molar refractivity (Wildman–Crippen MR) is 75.3 cm³/mol. The Morgan fingerprint density at radius 3 is 2.53 bits per heavy atom. The second-order valence-electron chi connectivity index (χ2n) is 4.68. The maximum Gasteiger partial charge on any atom is 0.346 e. The molecule has 1 heterocycles. The number of aryl methyl sites for hydroxylation is 1. The Labute approximate surface area is 117 Å². The largest absolute Gasteiger partial charge is 0.477 e. The van der Waals surface area contributed by atoms with Gasteiger partial charge in [0.1, 0.15) is 9.09 Å². The molecule has 0 aliphatic heterocycles. The Morgan fingerprint density at radius 2 is 2.11 bits per heavy atom. The van der Waals surface area contributed by atoms with E-state index in [1.54, 1.807) is 6.92 Å². The Morgan fingerprint density at radius 1 is 1.53 bits per heavy atom. The molecule has 0 saturated heterocycles. The first-order valence-corrected chi connectivity index (χ1v) is 8.25. The molecule has 0 bridgehead atoms. The number of hydrogen-bond donors (Lipinski definition) is 1. The van der Waals surface area contributed by atoms with Crippen LogP contribution in [0.1, 0.15) is 35.5 Å². The van der Waals surface area contributed by atoms with E-state index in [-0.39, 0.29) is 15.0 Å². The average molecular weight is 305 g/mol. The summed E-state index contributed by atoms with van der Waals surface area (Å²) in [6.45, 7) is 6.02. The first-order valence-electron chi connectivity index (χ1n) is 6.00. The third-order valence-corrected chi connectivity index (χ3v) is 6.52. The maximum absolute atomic E-state index is 12.3. The molecule has 1 N–H and O–H groups in total. The zero-order valence-corrected chi connectivity index (χ0v) is 13.1. The van der Waals surface area contributed by atoms with E-state index in [1.165, 1.54) is 17.4 Å². The van der Waals surface area contributed by atoms with Gasteiger partial charge in [0.15, 0.2) is 0 Å². The number of carbonyl (C=O) groups is 1. The zero-order chi connectivity index (χ0) is 14.8. The van der Waals surface area contributed by atoms with Gasteiger partial charge in [-0.3, -0.25) is 0 Å². The van der Waals surface area contributed by atoms with Crippen LogP contribution in [0.3, 0.4) is 0 Å². The molecule has 0 aromatic carbocycles. The van der Waals surface area contributed by atoms with E-state index in [4.69, 9.17) is 5.11 Å². The van der Waals surface area contributed by atoms with Crippen LogP contribution in [-0.2, 0) is 10.0 Å². The lowest BCUT2D eigenvalue weighted by Gasteiger charge is -2.19. The zero-order valence-electron chi connectivity index (χ0n) is 11.5. The standard InChI is InChI=1S/C12H19NO4S2/c1-5-8(2)7-13(4)19(16,17)10-6-9(3)11(18-10)12(14)15/h6,8H,5,7H2,1-4H3,(H,14,15). The predicted octanol–water partition coefficient (Wildman–Crippen LogP) is 2.42. The number of carboxylic acid groups (broad SMARTS) is 1. The van der Waals surface area contributed by atoms with Crippen LogP contribution < -0.4 is 0 Å². The summed E-state index contributed by atoms with van der Waals surface area (Å²) in [7, 11) is -2.07. The van der Waals surface area contributed by atoms with Gasteiger partial charge in [-0.2, -0.15) is 4.31 Å². The molecule has 0 aliphatic rings. The van der Waals surface area contributed by atoms with Crippen molar-refractivity contribution in [2.24, 2.45) is 5.92 Å². The van der Waals surface area contributed by atoms with Crippen molar-refractivity contribution >= 4 is 27.3 Å². The van der Waals surface area contributed by atoms with Crippen LogP contribution in [-0.4, -0.2) is 37.4 Å². The van der Waals surface area contributed by atoms with Crippen molar-refractivity contribution in [3.8, 4) is 0 Å². The third kappa shape index (κ3) is 3.55. The molecular formula is C12H19NO4S2. The Hall–Kier alpha value is -0.920. The van der Waals surface area contributed by atoms with E-state index in [0.29, 0.717) is 12.1 Å². The van der Waals surface area contributed by atoms with E-state index in [1.807, 2.05) is 13.8 Å². The highest BCUT2D eigenvalue weighted by molar-refractivity contribution is 7.91. The minimum Gasteiger partial charge on any atom is -0.477 e. The molecule has 1 rings (SSSR count). The highest BCUT2D eigenvalue weighted by atomic mass is 32.2. The van der Waals surface area contributed by atoms with Crippen LogP contribution >= 0.6 is 11.3 Å². The van der Waals surface area contributed by atoms with Gasteiger partial charge in [0.05, 0.1) is 0 Å². The topological polar surface area (TPSA) is 74.7 Å². The fourth-order valence-corrected chi connectivity index (χ4v) is 4.49. The molecule has 0 aliphatic carbocycles. The Bertz CT molecular complexity index is 562. The van der Waals surface area contributed by atoms with E-state index in [0.717, 1.165) is 17.8 Å². The van der Waals surface area contributed by atoms with Crippen LogP contribution in [0.25, 0.3) is 0 Å².